The normalized spacial score (nSPS) is 11.2. The second kappa shape index (κ2) is 17.9. The summed E-state index contributed by atoms with van der Waals surface area (Å²) in [6.45, 7) is 8.80. The van der Waals surface area contributed by atoms with Crippen LogP contribution in [0.1, 0.15) is 66.6 Å². The summed E-state index contributed by atoms with van der Waals surface area (Å²) >= 11 is 12.4. The Bertz CT molecular complexity index is 3180. The van der Waals surface area contributed by atoms with E-state index in [1.54, 1.807) is 54.6 Å². The lowest BCUT2D eigenvalue weighted by Crippen LogP contribution is -2.22. The number of hydrogen-bond acceptors (Lipinski definition) is 7. The summed E-state index contributed by atoms with van der Waals surface area (Å²) in [7, 11) is 0. The number of rotatable bonds is 12. The zero-order chi connectivity index (χ0) is 45.0. The first-order chi connectivity index (χ1) is 30.9. The van der Waals surface area contributed by atoms with Crippen LogP contribution >= 0.6 is 23.2 Å². The second-order valence-corrected chi connectivity index (χ2v) is 17.0. The van der Waals surface area contributed by atoms with Crippen LogP contribution in [0.3, 0.4) is 0 Å². The maximum absolute atomic E-state index is 10.3. The molecule has 0 unspecified atom stereocenters. The highest BCUT2D eigenvalue weighted by Gasteiger charge is 2.28. The van der Waals surface area contributed by atoms with Crippen molar-refractivity contribution in [3.05, 3.63) is 213 Å². The first-order valence-corrected chi connectivity index (χ1v) is 21.1. The minimum absolute atomic E-state index is 0.255. The Kier molecular flexibility index (Phi) is 12.0. The molecule has 64 heavy (non-hydrogen) atoms. The Balaban J connectivity index is 0.965. The van der Waals surface area contributed by atoms with Gasteiger partial charge < -0.3 is 18.9 Å². The summed E-state index contributed by atoms with van der Waals surface area (Å²) in [5, 5.41) is 31.9. The van der Waals surface area contributed by atoms with E-state index in [0.717, 1.165) is 33.0 Å². The van der Waals surface area contributed by atoms with E-state index in [0.29, 0.717) is 61.6 Å². The molecule has 0 saturated carbocycles. The molecule has 0 radical (unpaired) electrons. The molecule has 0 aliphatic carbocycles. The molecule has 0 N–H and O–H groups in total. The maximum Gasteiger partial charge on any atom is 0.149 e. The first kappa shape index (κ1) is 42.9. The van der Waals surface area contributed by atoms with Gasteiger partial charge in [-0.25, -0.2) is 0 Å². The molecule has 8 rings (SSSR count). The Labute approximate surface area is 382 Å². The van der Waals surface area contributed by atoms with Crippen molar-refractivity contribution >= 4 is 34.0 Å². The van der Waals surface area contributed by atoms with Crippen LogP contribution in [0.2, 0.25) is 10.0 Å². The van der Waals surface area contributed by atoms with Crippen LogP contribution in [0.4, 0.5) is 0 Å². The summed E-state index contributed by atoms with van der Waals surface area (Å²) in [6.07, 6.45) is 0. The van der Waals surface area contributed by atoms with E-state index in [1.165, 1.54) is 0 Å². The van der Waals surface area contributed by atoms with Crippen molar-refractivity contribution in [3.8, 4) is 64.2 Å². The van der Waals surface area contributed by atoms with Crippen LogP contribution in [-0.4, -0.2) is 0 Å². The highest BCUT2D eigenvalue weighted by Crippen LogP contribution is 2.41. The summed E-state index contributed by atoms with van der Waals surface area (Å²) in [4.78, 5) is 0. The molecule has 0 atom stereocenters. The lowest BCUT2D eigenvalue weighted by atomic mass is 9.73. The van der Waals surface area contributed by atoms with Gasteiger partial charge in [0, 0.05) is 10.8 Å². The smallest absolute Gasteiger partial charge is 0.149 e. The Morgan fingerprint density at radius 1 is 0.359 bits per heavy atom. The fourth-order valence-corrected chi connectivity index (χ4v) is 7.95. The number of benzene rings is 8. The number of fused-ring (bicyclic) bond motifs is 1. The van der Waals surface area contributed by atoms with Gasteiger partial charge in [0.2, 0.25) is 0 Å². The van der Waals surface area contributed by atoms with E-state index in [1.807, 2.05) is 60.7 Å². The van der Waals surface area contributed by atoms with Crippen molar-refractivity contribution in [2.75, 3.05) is 0 Å². The topological polar surface area (TPSA) is 108 Å². The molecular formula is C55H39Cl2N3O4. The van der Waals surface area contributed by atoms with Gasteiger partial charge in [0.05, 0.1) is 10.0 Å². The highest BCUT2D eigenvalue weighted by molar-refractivity contribution is 6.32. The van der Waals surface area contributed by atoms with Gasteiger partial charge in [0.1, 0.15) is 80.9 Å². The van der Waals surface area contributed by atoms with Crippen molar-refractivity contribution in [2.24, 2.45) is 0 Å². The fourth-order valence-electron chi connectivity index (χ4n) is 7.53. The van der Waals surface area contributed by atoms with Gasteiger partial charge in [-0.15, -0.1) is 0 Å². The third-order valence-electron chi connectivity index (χ3n) is 11.4. The largest absolute Gasteiger partial charge is 0.456 e. The molecule has 0 saturated heterocycles. The van der Waals surface area contributed by atoms with Crippen molar-refractivity contribution in [2.45, 2.75) is 38.5 Å². The number of nitriles is 3. The molecule has 0 fully saturated rings. The highest BCUT2D eigenvalue weighted by atomic mass is 35.5. The molecule has 0 bridgehead atoms. The Hall–Kier alpha value is -7.73. The number of ether oxygens (including phenoxy) is 4. The Morgan fingerprint density at radius 3 is 1.11 bits per heavy atom. The third kappa shape index (κ3) is 8.80. The molecule has 7 nitrogen and oxygen atoms in total. The van der Waals surface area contributed by atoms with Crippen molar-refractivity contribution in [3.63, 3.8) is 0 Å². The van der Waals surface area contributed by atoms with Crippen LogP contribution in [0.5, 0.6) is 46.0 Å². The van der Waals surface area contributed by atoms with Gasteiger partial charge in [-0.3, -0.25) is 0 Å². The predicted molar refractivity (Wildman–Crippen MR) is 251 cm³/mol. The minimum atomic E-state index is -0.356. The molecule has 0 aliphatic heterocycles. The number of hydrogen-bond donors (Lipinski definition) is 0. The SMILES string of the molecule is CC(C)(c1ccc(Oc2cccc(Cl)c2C#N)cc1)c1cccc(C(C)(C)c2ccc(Oc3cccc(Oc4ccc5ccc(Oc6cccc(Cl)c6C#N)cc5c4)c3C#N)cc2)c1. The van der Waals surface area contributed by atoms with E-state index in [-0.39, 0.29) is 22.0 Å². The zero-order valence-corrected chi connectivity index (χ0v) is 36.8. The second-order valence-electron chi connectivity index (χ2n) is 16.1. The summed E-state index contributed by atoms with van der Waals surface area (Å²) in [5.74, 6) is 3.73. The summed E-state index contributed by atoms with van der Waals surface area (Å²) in [6, 6.07) is 57.7. The average molecular weight is 877 g/mol. The monoisotopic (exact) mass is 875 g/mol. The van der Waals surface area contributed by atoms with Gasteiger partial charge >= 0.3 is 0 Å². The van der Waals surface area contributed by atoms with Gasteiger partial charge in [-0.1, -0.05) is 130 Å². The lowest BCUT2D eigenvalue weighted by Gasteiger charge is -2.31. The number of halogens is 2. The molecule has 8 aromatic carbocycles. The van der Waals surface area contributed by atoms with Crippen molar-refractivity contribution in [1.82, 2.24) is 0 Å². The van der Waals surface area contributed by atoms with Crippen LogP contribution in [0.15, 0.2) is 164 Å². The molecule has 8 aromatic rings. The van der Waals surface area contributed by atoms with Crippen molar-refractivity contribution in [1.29, 1.82) is 15.8 Å². The van der Waals surface area contributed by atoms with Crippen LogP contribution in [0.25, 0.3) is 10.8 Å². The van der Waals surface area contributed by atoms with E-state index in [9.17, 15) is 15.8 Å². The number of nitrogens with zero attached hydrogens (tertiary/aromatic N) is 3. The quantitative estimate of drug-likeness (QED) is 0.120. The molecule has 0 aliphatic rings. The molecule has 0 spiro atoms. The zero-order valence-electron chi connectivity index (χ0n) is 35.3. The van der Waals surface area contributed by atoms with E-state index in [4.69, 9.17) is 42.1 Å². The van der Waals surface area contributed by atoms with Crippen LogP contribution in [0, 0.1) is 34.0 Å². The third-order valence-corrected chi connectivity index (χ3v) is 12.1. The summed E-state index contributed by atoms with van der Waals surface area (Å²) in [5.41, 5.74) is 4.64. The van der Waals surface area contributed by atoms with Crippen LogP contribution < -0.4 is 18.9 Å². The summed E-state index contributed by atoms with van der Waals surface area (Å²) < 4.78 is 24.7. The molecule has 0 aromatic heterocycles. The molecular weight excluding hydrogens is 838 g/mol. The predicted octanol–water partition coefficient (Wildman–Crippen LogP) is 15.6. The first-order valence-electron chi connectivity index (χ1n) is 20.4. The Morgan fingerprint density at radius 2 is 0.703 bits per heavy atom. The average Bonchev–Trinajstić information content (AvgIpc) is 3.29. The van der Waals surface area contributed by atoms with Gasteiger partial charge in [0.25, 0.3) is 0 Å². The van der Waals surface area contributed by atoms with E-state index >= 15 is 0 Å². The fraction of sp³-hybridized carbons (Fsp3) is 0.109. The van der Waals surface area contributed by atoms with Gasteiger partial charge in [-0.05, 0) is 118 Å². The van der Waals surface area contributed by atoms with Gasteiger partial charge in [-0.2, -0.15) is 15.8 Å². The van der Waals surface area contributed by atoms with Gasteiger partial charge in [0.15, 0.2) is 0 Å². The minimum Gasteiger partial charge on any atom is -0.456 e. The standard InChI is InChI=1S/C55H39Cl2N3O4/c1-54(2,37-19-25-41(26-20-37)61-50-13-6-11-48(56)45(50)32-58)39-9-5-10-40(31-39)55(3,4)38-21-27-42(28-22-38)62-52-15-8-16-53(47(52)34-60)64-44-24-18-35-17-23-43(29-36(35)30-44)63-51-14-7-12-49(57)46(51)33-59/h5-31H,1-4H3. The molecule has 0 heterocycles. The van der Waals surface area contributed by atoms with E-state index < -0.39 is 0 Å². The molecule has 9 heteroatoms. The maximum atomic E-state index is 10.3. The van der Waals surface area contributed by atoms with Crippen molar-refractivity contribution < 1.29 is 18.9 Å². The molecule has 312 valence electrons. The van der Waals surface area contributed by atoms with Crippen LogP contribution in [-0.2, 0) is 10.8 Å². The lowest BCUT2D eigenvalue weighted by molar-refractivity contribution is 0.457. The molecule has 0 amide bonds. The van der Waals surface area contributed by atoms with E-state index in [2.05, 4.69) is 94.4 Å².